The van der Waals surface area contributed by atoms with Gasteiger partial charge in [-0.25, -0.2) is 4.98 Å². The second-order valence-corrected chi connectivity index (χ2v) is 16.4. The molecule has 0 saturated heterocycles. The number of rotatable bonds is 6. The van der Waals surface area contributed by atoms with Gasteiger partial charge < -0.3 is 8.83 Å². The summed E-state index contributed by atoms with van der Waals surface area (Å²) in [7, 11) is 0. The average molecular weight is 802 g/mol. The highest BCUT2D eigenvalue weighted by Crippen LogP contribution is 2.45. The molecule has 0 aliphatic heterocycles. The Morgan fingerprint density at radius 1 is 0.377 bits per heavy atom. The lowest BCUT2D eigenvalue weighted by molar-refractivity contribution is 0.668. The van der Waals surface area contributed by atoms with Crippen molar-refractivity contribution in [2.45, 2.75) is 0 Å². The number of thiophene rings is 1. The summed E-state index contributed by atoms with van der Waals surface area (Å²) in [5.41, 5.74) is 8.08. The van der Waals surface area contributed by atoms with Gasteiger partial charge in [-0.2, -0.15) is 0 Å². The Morgan fingerprint density at radius 3 is 1.48 bits per heavy atom. The van der Waals surface area contributed by atoms with Crippen molar-refractivity contribution in [1.82, 2.24) is 15.2 Å². The molecule has 0 N–H and O–H groups in total. The van der Waals surface area contributed by atoms with Crippen LogP contribution in [0.4, 0.5) is 34.4 Å². The van der Waals surface area contributed by atoms with E-state index in [1.165, 1.54) is 0 Å². The van der Waals surface area contributed by atoms with E-state index in [1.807, 2.05) is 42.6 Å². The van der Waals surface area contributed by atoms with Gasteiger partial charge in [0.2, 0.25) is 0 Å². The van der Waals surface area contributed by atoms with Crippen LogP contribution in [-0.4, -0.2) is 15.2 Å². The van der Waals surface area contributed by atoms with Crippen molar-refractivity contribution in [3.8, 4) is 0 Å². The van der Waals surface area contributed by atoms with Gasteiger partial charge in [0, 0.05) is 66.8 Å². The molecule has 0 radical (unpaired) electrons. The first kappa shape index (κ1) is 33.9. The number of furan rings is 2. The Bertz CT molecular complexity index is 3620. The summed E-state index contributed by atoms with van der Waals surface area (Å²) in [6.45, 7) is 0. The number of hydrogen-bond donors (Lipinski definition) is 0. The summed E-state index contributed by atoms with van der Waals surface area (Å²) >= 11 is 1.69. The first-order valence-corrected chi connectivity index (χ1v) is 21.0. The van der Waals surface area contributed by atoms with Gasteiger partial charge in [0.25, 0.3) is 0 Å². The number of fused-ring (bicyclic) bond motifs is 11. The van der Waals surface area contributed by atoms with Crippen LogP contribution in [0.3, 0.4) is 0 Å². The molecule has 13 aromatic rings. The molecule has 0 bridgehead atoms. The summed E-state index contributed by atoms with van der Waals surface area (Å²) in [6.07, 6.45) is 1.94. The van der Waals surface area contributed by atoms with Gasteiger partial charge in [-0.1, -0.05) is 109 Å². The molecule has 5 heterocycles. The van der Waals surface area contributed by atoms with Crippen molar-refractivity contribution in [1.29, 1.82) is 0 Å². The molecule has 8 heteroatoms. The van der Waals surface area contributed by atoms with Gasteiger partial charge in [-0.15, -0.1) is 21.5 Å². The minimum Gasteiger partial charge on any atom is -0.456 e. The first-order chi connectivity index (χ1) is 30.2. The number of hydrogen-bond acceptors (Lipinski definition) is 8. The molecule has 0 unspecified atom stereocenters. The average Bonchev–Trinajstić information content (AvgIpc) is 3.99. The van der Waals surface area contributed by atoms with Crippen LogP contribution in [-0.2, 0) is 0 Å². The van der Waals surface area contributed by atoms with E-state index < -0.39 is 0 Å². The Labute approximate surface area is 351 Å². The van der Waals surface area contributed by atoms with Crippen molar-refractivity contribution in [2.24, 2.45) is 0 Å². The predicted molar refractivity (Wildman–Crippen MR) is 252 cm³/mol. The van der Waals surface area contributed by atoms with Gasteiger partial charge in [0.1, 0.15) is 33.7 Å². The lowest BCUT2D eigenvalue weighted by atomic mass is 10.1. The summed E-state index contributed by atoms with van der Waals surface area (Å²) in [4.78, 5) is 9.57. The molecule has 0 aliphatic rings. The number of benzene rings is 8. The summed E-state index contributed by atoms with van der Waals surface area (Å²) in [5, 5.41) is 19.7. The molecule has 5 aromatic heterocycles. The van der Waals surface area contributed by atoms with Crippen LogP contribution in [0.15, 0.2) is 197 Å². The van der Waals surface area contributed by atoms with Crippen molar-refractivity contribution < 1.29 is 8.83 Å². The first-order valence-electron chi connectivity index (χ1n) is 20.2. The van der Waals surface area contributed by atoms with E-state index in [9.17, 15) is 0 Å². The van der Waals surface area contributed by atoms with Gasteiger partial charge in [-0.05, 0) is 65.4 Å². The molecule has 0 spiro atoms. The van der Waals surface area contributed by atoms with E-state index in [0.29, 0.717) is 5.82 Å². The largest absolute Gasteiger partial charge is 0.456 e. The molecule has 0 saturated carbocycles. The highest BCUT2D eigenvalue weighted by atomic mass is 32.1. The molecule has 0 aliphatic carbocycles. The molecule has 61 heavy (non-hydrogen) atoms. The second-order valence-electron chi connectivity index (χ2n) is 15.3. The summed E-state index contributed by atoms with van der Waals surface area (Å²) < 4.78 is 14.9. The van der Waals surface area contributed by atoms with Crippen LogP contribution in [0.2, 0.25) is 0 Å². The van der Waals surface area contributed by atoms with E-state index in [1.54, 1.807) is 11.3 Å². The van der Waals surface area contributed by atoms with Gasteiger partial charge in [-0.3, -0.25) is 9.80 Å². The zero-order valence-corrected chi connectivity index (χ0v) is 33.2. The maximum absolute atomic E-state index is 6.40. The third kappa shape index (κ3) is 5.32. The monoisotopic (exact) mass is 801 g/mol. The Hall–Kier alpha value is -8.07. The second kappa shape index (κ2) is 13.2. The smallest absolute Gasteiger partial charge is 0.161 e. The maximum atomic E-state index is 6.40. The Morgan fingerprint density at radius 2 is 0.869 bits per heavy atom. The highest BCUT2D eigenvalue weighted by Gasteiger charge is 2.23. The van der Waals surface area contributed by atoms with Crippen molar-refractivity contribution in [3.05, 3.63) is 188 Å². The van der Waals surface area contributed by atoms with Crippen LogP contribution < -0.4 is 9.80 Å². The van der Waals surface area contributed by atoms with Crippen LogP contribution in [0, 0.1) is 0 Å². The van der Waals surface area contributed by atoms with E-state index in [0.717, 1.165) is 114 Å². The fourth-order valence-corrected chi connectivity index (χ4v) is 10.0. The van der Waals surface area contributed by atoms with E-state index >= 15 is 0 Å². The van der Waals surface area contributed by atoms with Crippen LogP contribution in [0.5, 0.6) is 0 Å². The van der Waals surface area contributed by atoms with E-state index in [4.69, 9.17) is 24.0 Å². The zero-order valence-electron chi connectivity index (χ0n) is 32.4. The SMILES string of the molecule is c1ccc2c(N(c3ccc4c(c3)oc3ccccc34)c3cc4sc5cc(N(c6ccc7c(c6)oc6ccccc67)c6cccc7ccccc67)nnc5c4cn3)cccc2c1. The number of nitrogens with zero attached hydrogens (tertiary/aromatic N) is 5. The maximum Gasteiger partial charge on any atom is 0.161 e. The number of anilines is 6. The summed E-state index contributed by atoms with van der Waals surface area (Å²) in [5.74, 6) is 1.49. The van der Waals surface area contributed by atoms with Gasteiger partial charge >= 0.3 is 0 Å². The quantitative estimate of drug-likeness (QED) is 0.166. The summed E-state index contributed by atoms with van der Waals surface area (Å²) in [6, 6.07) is 63.2. The van der Waals surface area contributed by atoms with Gasteiger partial charge in [0.15, 0.2) is 5.82 Å². The highest BCUT2D eigenvalue weighted by molar-refractivity contribution is 7.25. The number of aromatic nitrogens is 3. The standard InChI is InChI=1S/C53H31N5O2S/c1-3-15-36-32(11-1)13-9-19-43(36)57(34-23-25-40-38-17-5-7-21-45(38)59-47(40)27-34)51-29-49-42(31-54-51)53-50(61-49)30-52(55-56-53)58(44-20-10-14-33-12-2-4-16-37(33)44)35-24-26-41-39-18-6-8-22-46(39)60-48(41)28-35/h1-31H. The molecule has 0 amide bonds. The molecule has 0 atom stereocenters. The molecular formula is C53H31N5O2S. The van der Waals surface area contributed by atoms with Crippen molar-refractivity contribution in [3.63, 3.8) is 0 Å². The van der Waals surface area contributed by atoms with Crippen molar-refractivity contribution >= 4 is 131 Å². The number of pyridine rings is 1. The lowest BCUT2D eigenvalue weighted by Crippen LogP contribution is -2.12. The topological polar surface area (TPSA) is 71.4 Å². The fraction of sp³-hybridized carbons (Fsp3) is 0. The Balaban J connectivity index is 0.981. The van der Waals surface area contributed by atoms with Gasteiger partial charge in [0.05, 0.1) is 27.4 Å². The Kier molecular flexibility index (Phi) is 7.34. The van der Waals surface area contributed by atoms with Crippen LogP contribution in [0.25, 0.3) is 85.7 Å². The molecule has 8 aromatic carbocycles. The normalized spacial score (nSPS) is 11.9. The minimum atomic E-state index is 0.704. The molecule has 13 rings (SSSR count). The molecule has 0 fully saturated rings. The van der Waals surface area contributed by atoms with Crippen molar-refractivity contribution in [2.75, 3.05) is 9.80 Å². The lowest BCUT2D eigenvalue weighted by Gasteiger charge is -2.25. The molecular weight excluding hydrogens is 771 g/mol. The number of para-hydroxylation sites is 2. The fourth-order valence-electron chi connectivity index (χ4n) is 8.97. The molecule has 286 valence electrons. The third-order valence-corrected chi connectivity index (χ3v) is 12.9. The predicted octanol–water partition coefficient (Wildman–Crippen LogP) is 15.3. The third-order valence-electron chi connectivity index (χ3n) is 11.8. The molecule has 7 nitrogen and oxygen atoms in total. The van der Waals surface area contributed by atoms with Crippen LogP contribution >= 0.6 is 11.3 Å². The zero-order chi connectivity index (χ0) is 40.0. The van der Waals surface area contributed by atoms with Crippen LogP contribution in [0.1, 0.15) is 0 Å². The minimum absolute atomic E-state index is 0.704. The van der Waals surface area contributed by atoms with E-state index in [2.05, 4.69) is 155 Å². The van der Waals surface area contributed by atoms with E-state index in [-0.39, 0.29) is 0 Å².